The molecule has 1 unspecified atom stereocenters. The number of nitrogens with zero attached hydrogens (tertiary/aromatic N) is 3. The van der Waals surface area contributed by atoms with Gasteiger partial charge in [0.2, 0.25) is 0 Å². The third-order valence-corrected chi connectivity index (χ3v) is 3.28. The lowest BCUT2D eigenvalue weighted by molar-refractivity contribution is -0.0800. The Labute approximate surface area is 116 Å². The van der Waals surface area contributed by atoms with Crippen molar-refractivity contribution in [3.05, 3.63) is 22.7 Å². The molecular formula is C12H18N4O4. The molecule has 1 aromatic heterocycles. The summed E-state index contributed by atoms with van der Waals surface area (Å²) in [7, 11) is 1.31. The molecule has 0 saturated carbocycles. The van der Waals surface area contributed by atoms with Crippen LogP contribution in [0, 0.1) is 0 Å². The Kier molecular flexibility index (Phi) is 4.23. The molecule has 2 rings (SSSR count). The van der Waals surface area contributed by atoms with Crippen molar-refractivity contribution < 1.29 is 14.3 Å². The molecule has 0 radical (unpaired) electrons. The van der Waals surface area contributed by atoms with E-state index >= 15 is 0 Å². The number of aromatic nitrogens is 2. The molecule has 1 aliphatic heterocycles. The molecule has 1 aliphatic rings. The fourth-order valence-corrected chi connectivity index (χ4v) is 2.15. The standard InChI is InChI=1S/C12H18N4O4/c1-3-8-6-16(12(18)19-2)10(7-20-8)15-5-4-9(13)14-11(15)17/h4-5,8,10H,3,6-7H2,1-2H3,(H2,13,14,17)/t8-,10?/m1/s1. The zero-order valence-corrected chi connectivity index (χ0v) is 11.5. The molecule has 2 heterocycles. The van der Waals surface area contributed by atoms with Crippen molar-refractivity contribution in [2.45, 2.75) is 25.6 Å². The van der Waals surface area contributed by atoms with Gasteiger partial charge < -0.3 is 15.2 Å². The molecule has 0 aromatic carbocycles. The van der Waals surface area contributed by atoms with Crippen LogP contribution in [0.4, 0.5) is 10.6 Å². The number of rotatable bonds is 2. The number of carbonyl (C=O) groups excluding carboxylic acids is 1. The highest BCUT2D eigenvalue weighted by molar-refractivity contribution is 5.67. The number of nitrogen functional groups attached to an aromatic ring is 1. The smallest absolute Gasteiger partial charge is 0.411 e. The molecule has 1 fully saturated rings. The summed E-state index contributed by atoms with van der Waals surface area (Å²) in [5.41, 5.74) is 4.93. The van der Waals surface area contributed by atoms with Gasteiger partial charge in [0.05, 0.1) is 26.4 Å². The van der Waals surface area contributed by atoms with Gasteiger partial charge >= 0.3 is 11.8 Å². The maximum absolute atomic E-state index is 11.9. The average molecular weight is 282 g/mol. The van der Waals surface area contributed by atoms with Gasteiger partial charge in [0, 0.05) is 6.20 Å². The number of hydrogen-bond donors (Lipinski definition) is 1. The van der Waals surface area contributed by atoms with Crippen LogP contribution in [0.3, 0.4) is 0 Å². The highest BCUT2D eigenvalue weighted by atomic mass is 16.5. The van der Waals surface area contributed by atoms with Crippen molar-refractivity contribution in [2.75, 3.05) is 26.0 Å². The first kappa shape index (κ1) is 14.3. The fraction of sp³-hybridized carbons (Fsp3) is 0.583. The topological polar surface area (TPSA) is 99.7 Å². The first-order valence-corrected chi connectivity index (χ1v) is 6.37. The van der Waals surface area contributed by atoms with E-state index in [4.69, 9.17) is 15.2 Å². The van der Waals surface area contributed by atoms with Gasteiger partial charge in [-0.15, -0.1) is 0 Å². The van der Waals surface area contributed by atoms with Crippen molar-refractivity contribution in [3.8, 4) is 0 Å². The van der Waals surface area contributed by atoms with Crippen LogP contribution in [-0.4, -0.2) is 46.9 Å². The summed E-state index contributed by atoms with van der Waals surface area (Å²) in [6.45, 7) is 2.54. The lowest BCUT2D eigenvalue weighted by atomic mass is 10.2. The number of hydrogen-bond acceptors (Lipinski definition) is 6. The Hall–Kier alpha value is -2.09. The number of anilines is 1. The summed E-state index contributed by atoms with van der Waals surface area (Å²) in [5, 5.41) is 0. The van der Waals surface area contributed by atoms with Gasteiger partial charge in [0.15, 0.2) is 0 Å². The van der Waals surface area contributed by atoms with E-state index in [0.717, 1.165) is 6.42 Å². The van der Waals surface area contributed by atoms with Crippen molar-refractivity contribution in [2.24, 2.45) is 0 Å². The molecule has 0 aliphatic carbocycles. The van der Waals surface area contributed by atoms with Crippen molar-refractivity contribution in [1.82, 2.24) is 14.5 Å². The molecule has 2 N–H and O–H groups in total. The number of morpholine rings is 1. The summed E-state index contributed by atoms with van der Waals surface area (Å²) in [4.78, 5) is 28.9. The Bertz CT molecular complexity index is 545. The van der Waals surface area contributed by atoms with E-state index in [2.05, 4.69) is 4.98 Å². The molecule has 0 spiro atoms. The highest BCUT2D eigenvalue weighted by Gasteiger charge is 2.34. The van der Waals surface area contributed by atoms with E-state index in [1.807, 2.05) is 6.92 Å². The van der Waals surface area contributed by atoms with E-state index in [1.165, 1.54) is 28.8 Å². The molecule has 20 heavy (non-hydrogen) atoms. The minimum absolute atomic E-state index is 0.0669. The van der Waals surface area contributed by atoms with Crippen molar-refractivity contribution in [1.29, 1.82) is 0 Å². The molecule has 1 aromatic rings. The van der Waals surface area contributed by atoms with E-state index in [9.17, 15) is 9.59 Å². The molecule has 1 amide bonds. The van der Waals surface area contributed by atoms with Gasteiger partial charge in [-0.05, 0) is 12.5 Å². The SMILES string of the molecule is CC[C@@H]1CN(C(=O)OC)C(n2ccc(N)nc2=O)CO1. The number of amides is 1. The summed E-state index contributed by atoms with van der Waals surface area (Å²) >= 11 is 0. The summed E-state index contributed by atoms with van der Waals surface area (Å²) < 4.78 is 11.7. The maximum atomic E-state index is 11.9. The van der Waals surface area contributed by atoms with Crippen LogP contribution in [-0.2, 0) is 9.47 Å². The third-order valence-electron chi connectivity index (χ3n) is 3.28. The normalized spacial score (nSPS) is 22.6. The van der Waals surface area contributed by atoms with Gasteiger partial charge in [0.1, 0.15) is 12.0 Å². The average Bonchev–Trinajstić information content (AvgIpc) is 2.46. The third kappa shape index (κ3) is 2.74. The number of methoxy groups -OCH3 is 1. The van der Waals surface area contributed by atoms with Crippen LogP contribution in [0.5, 0.6) is 0 Å². The van der Waals surface area contributed by atoms with E-state index in [1.54, 1.807) is 0 Å². The zero-order valence-electron chi connectivity index (χ0n) is 11.5. The maximum Gasteiger partial charge on any atom is 0.411 e. The van der Waals surface area contributed by atoms with Crippen LogP contribution in [0.25, 0.3) is 0 Å². The summed E-state index contributed by atoms with van der Waals surface area (Å²) in [6, 6.07) is 1.50. The van der Waals surface area contributed by atoms with Crippen LogP contribution in [0.1, 0.15) is 19.5 Å². The zero-order chi connectivity index (χ0) is 14.7. The van der Waals surface area contributed by atoms with Gasteiger partial charge in [-0.2, -0.15) is 4.98 Å². The van der Waals surface area contributed by atoms with Gasteiger partial charge in [-0.3, -0.25) is 9.47 Å². The monoisotopic (exact) mass is 282 g/mol. The predicted molar refractivity (Wildman–Crippen MR) is 71.1 cm³/mol. The van der Waals surface area contributed by atoms with Crippen molar-refractivity contribution >= 4 is 11.9 Å². The van der Waals surface area contributed by atoms with Gasteiger partial charge in [-0.25, -0.2) is 9.59 Å². The molecular weight excluding hydrogens is 264 g/mol. The second-order valence-electron chi connectivity index (χ2n) is 4.51. The fourth-order valence-electron chi connectivity index (χ4n) is 2.15. The molecule has 8 nitrogen and oxygen atoms in total. The largest absolute Gasteiger partial charge is 0.453 e. The van der Waals surface area contributed by atoms with Crippen LogP contribution >= 0.6 is 0 Å². The molecule has 8 heteroatoms. The number of nitrogens with two attached hydrogens (primary N) is 1. The lowest BCUT2D eigenvalue weighted by Crippen LogP contribution is -2.51. The van der Waals surface area contributed by atoms with Crippen molar-refractivity contribution in [3.63, 3.8) is 0 Å². The Morgan fingerprint density at radius 2 is 2.40 bits per heavy atom. The summed E-state index contributed by atoms with van der Waals surface area (Å²) in [5.74, 6) is 0.138. The quantitative estimate of drug-likeness (QED) is 0.832. The Morgan fingerprint density at radius 1 is 1.65 bits per heavy atom. The van der Waals surface area contributed by atoms with Gasteiger partial charge in [0.25, 0.3) is 0 Å². The van der Waals surface area contributed by atoms with Crippen LogP contribution in [0.2, 0.25) is 0 Å². The minimum Gasteiger partial charge on any atom is -0.453 e. The first-order chi connectivity index (χ1) is 9.56. The number of ether oxygens (including phenoxy) is 2. The highest BCUT2D eigenvalue weighted by Crippen LogP contribution is 2.21. The van der Waals surface area contributed by atoms with E-state index < -0.39 is 17.9 Å². The number of carbonyl (C=O) groups is 1. The Morgan fingerprint density at radius 3 is 3.00 bits per heavy atom. The van der Waals surface area contributed by atoms with Gasteiger partial charge in [-0.1, -0.05) is 6.92 Å². The Balaban J connectivity index is 2.32. The predicted octanol–water partition coefficient (Wildman–Crippen LogP) is 0.201. The molecule has 1 saturated heterocycles. The molecule has 2 atom stereocenters. The molecule has 0 bridgehead atoms. The summed E-state index contributed by atoms with van der Waals surface area (Å²) in [6.07, 6.45) is 1.13. The second kappa shape index (κ2) is 5.91. The minimum atomic E-state index is -0.578. The van der Waals surface area contributed by atoms with E-state index in [0.29, 0.717) is 6.54 Å². The van der Waals surface area contributed by atoms with Crippen LogP contribution < -0.4 is 11.4 Å². The first-order valence-electron chi connectivity index (χ1n) is 6.37. The second-order valence-corrected chi connectivity index (χ2v) is 4.51. The van der Waals surface area contributed by atoms with E-state index in [-0.39, 0.29) is 18.5 Å². The molecule has 110 valence electrons. The van der Waals surface area contributed by atoms with Crippen LogP contribution in [0.15, 0.2) is 17.1 Å². The lowest BCUT2D eigenvalue weighted by Gasteiger charge is -2.38.